The van der Waals surface area contributed by atoms with E-state index in [1.807, 2.05) is 0 Å². The summed E-state index contributed by atoms with van der Waals surface area (Å²) in [5.41, 5.74) is -2.21. The number of carboxylic acid groups (broad SMARTS) is 1. The van der Waals surface area contributed by atoms with Crippen LogP contribution in [-0.4, -0.2) is 32.9 Å². The molecule has 0 aromatic rings. The molecule has 0 saturated heterocycles. The van der Waals surface area contributed by atoms with E-state index in [9.17, 15) is 18.0 Å². The van der Waals surface area contributed by atoms with Gasteiger partial charge in [-0.05, 0) is 12.8 Å². The summed E-state index contributed by atoms with van der Waals surface area (Å²) < 4.78 is 37.5. The van der Waals surface area contributed by atoms with Crippen molar-refractivity contribution in [2.75, 3.05) is 0 Å². The molecule has 0 aromatic heterocycles. The standard InChI is InChI=1S/C7H7B2F3O2/c8-6(9,3-4(13)14)5(1-2-5)7(10,11)12/h1-3H2,(H,13,14). The highest BCUT2D eigenvalue weighted by molar-refractivity contribution is 6.41. The van der Waals surface area contributed by atoms with E-state index in [1.54, 1.807) is 0 Å². The quantitative estimate of drug-likeness (QED) is 0.699. The Labute approximate surface area is 81.7 Å². The van der Waals surface area contributed by atoms with Crippen LogP contribution >= 0.6 is 0 Å². The second-order valence-corrected chi connectivity index (χ2v) is 3.69. The smallest absolute Gasteiger partial charge is 0.393 e. The highest BCUT2D eigenvalue weighted by Crippen LogP contribution is 2.69. The highest BCUT2D eigenvalue weighted by atomic mass is 19.4. The molecule has 1 rings (SSSR count). The van der Waals surface area contributed by atoms with Gasteiger partial charge in [0.15, 0.2) is 0 Å². The molecule has 0 bridgehead atoms. The second-order valence-electron chi connectivity index (χ2n) is 3.69. The summed E-state index contributed by atoms with van der Waals surface area (Å²) in [5.74, 6) is -1.43. The first kappa shape index (κ1) is 11.5. The van der Waals surface area contributed by atoms with E-state index in [2.05, 4.69) is 0 Å². The van der Waals surface area contributed by atoms with Crippen molar-refractivity contribution < 1.29 is 23.1 Å². The first-order chi connectivity index (χ1) is 6.12. The molecule has 1 fully saturated rings. The zero-order valence-corrected chi connectivity index (χ0v) is 7.27. The first-order valence-corrected chi connectivity index (χ1v) is 3.99. The molecule has 4 radical (unpaired) electrons. The Bertz CT molecular complexity index is 258. The summed E-state index contributed by atoms with van der Waals surface area (Å²) >= 11 is 0. The zero-order chi connectivity index (χ0) is 11.2. The van der Waals surface area contributed by atoms with E-state index < -0.39 is 29.2 Å². The van der Waals surface area contributed by atoms with Gasteiger partial charge in [-0.1, -0.05) is 5.21 Å². The Kier molecular flexibility index (Phi) is 2.41. The Hall–Kier alpha value is -0.610. The number of rotatable bonds is 3. The molecule has 0 aliphatic heterocycles. The third-order valence-electron chi connectivity index (χ3n) is 2.63. The largest absolute Gasteiger partial charge is 0.481 e. The molecule has 1 aliphatic rings. The van der Waals surface area contributed by atoms with Gasteiger partial charge in [-0.3, -0.25) is 4.79 Å². The van der Waals surface area contributed by atoms with Crippen LogP contribution in [0.3, 0.4) is 0 Å². The normalized spacial score (nSPS) is 20.5. The predicted molar refractivity (Wildman–Crippen MR) is 44.2 cm³/mol. The molecule has 0 aromatic carbocycles. The summed E-state index contributed by atoms with van der Waals surface area (Å²) in [6.07, 6.45) is -5.81. The molecule has 1 aliphatic carbocycles. The minimum absolute atomic E-state index is 0.198. The van der Waals surface area contributed by atoms with Gasteiger partial charge in [0, 0.05) is 6.42 Å². The Morgan fingerprint density at radius 3 is 2.00 bits per heavy atom. The third kappa shape index (κ3) is 1.64. The van der Waals surface area contributed by atoms with Crippen LogP contribution in [0.15, 0.2) is 0 Å². The third-order valence-corrected chi connectivity index (χ3v) is 2.63. The molecule has 0 unspecified atom stereocenters. The molecule has 1 N–H and O–H groups in total. The van der Waals surface area contributed by atoms with E-state index >= 15 is 0 Å². The molecule has 14 heavy (non-hydrogen) atoms. The summed E-state index contributed by atoms with van der Waals surface area (Å²) in [6, 6.07) is 0. The van der Waals surface area contributed by atoms with Crippen LogP contribution in [0.25, 0.3) is 0 Å². The van der Waals surface area contributed by atoms with Crippen LogP contribution in [0.2, 0.25) is 5.21 Å². The monoisotopic (exact) mass is 202 g/mol. The fourth-order valence-electron chi connectivity index (χ4n) is 1.56. The maximum absolute atomic E-state index is 12.5. The van der Waals surface area contributed by atoms with Gasteiger partial charge in [-0.25, -0.2) is 0 Å². The van der Waals surface area contributed by atoms with E-state index in [1.165, 1.54) is 0 Å². The lowest BCUT2D eigenvalue weighted by molar-refractivity contribution is -0.193. The van der Waals surface area contributed by atoms with Gasteiger partial charge in [0.1, 0.15) is 0 Å². The van der Waals surface area contributed by atoms with E-state index in [0.29, 0.717) is 0 Å². The minimum Gasteiger partial charge on any atom is -0.481 e. The Morgan fingerprint density at radius 2 is 1.79 bits per heavy atom. The molecular weight excluding hydrogens is 195 g/mol. The SMILES string of the molecule is [B]C([B])(CC(=O)O)C1(C(F)(F)F)CC1. The minimum atomic E-state index is -4.54. The number of carboxylic acids is 1. The van der Waals surface area contributed by atoms with Crippen LogP contribution in [0.4, 0.5) is 13.2 Å². The number of halogens is 3. The fourth-order valence-corrected chi connectivity index (χ4v) is 1.56. The van der Waals surface area contributed by atoms with Crippen molar-refractivity contribution in [2.24, 2.45) is 5.41 Å². The second kappa shape index (κ2) is 2.94. The Balaban J connectivity index is 2.87. The predicted octanol–water partition coefficient (Wildman–Crippen LogP) is 1.26. The Morgan fingerprint density at radius 1 is 1.36 bits per heavy atom. The topological polar surface area (TPSA) is 37.3 Å². The van der Waals surface area contributed by atoms with Crippen molar-refractivity contribution in [1.82, 2.24) is 0 Å². The van der Waals surface area contributed by atoms with E-state index in [0.717, 1.165) is 0 Å². The molecule has 0 amide bonds. The van der Waals surface area contributed by atoms with Crippen LogP contribution in [0.5, 0.6) is 0 Å². The van der Waals surface area contributed by atoms with Crippen molar-refractivity contribution in [1.29, 1.82) is 0 Å². The summed E-state index contributed by atoms with van der Waals surface area (Å²) in [7, 11) is 10.4. The van der Waals surface area contributed by atoms with Crippen molar-refractivity contribution >= 4 is 21.7 Å². The van der Waals surface area contributed by atoms with Gasteiger partial charge in [0.2, 0.25) is 0 Å². The number of hydrogen-bond acceptors (Lipinski definition) is 1. The molecule has 1 saturated carbocycles. The summed E-state index contributed by atoms with van der Waals surface area (Å²) in [5, 5.41) is 6.17. The van der Waals surface area contributed by atoms with E-state index in [-0.39, 0.29) is 12.8 Å². The van der Waals surface area contributed by atoms with Gasteiger partial charge >= 0.3 is 12.1 Å². The highest BCUT2D eigenvalue weighted by Gasteiger charge is 2.69. The molecule has 0 spiro atoms. The van der Waals surface area contributed by atoms with Crippen molar-refractivity contribution in [3.05, 3.63) is 0 Å². The van der Waals surface area contributed by atoms with Crippen molar-refractivity contribution in [3.8, 4) is 0 Å². The molecule has 0 heterocycles. The number of hydrogen-bond donors (Lipinski definition) is 1. The molecule has 0 atom stereocenters. The molecular formula is C7H7B2F3O2. The van der Waals surface area contributed by atoms with E-state index in [4.69, 9.17) is 20.8 Å². The van der Waals surface area contributed by atoms with Gasteiger partial charge in [0.05, 0.1) is 21.1 Å². The van der Waals surface area contributed by atoms with Crippen molar-refractivity contribution in [2.45, 2.75) is 30.7 Å². The number of carbonyl (C=O) groups is 1. The number of alkyl halides is 3. The number of aliphatic carboxylic acids is 1. The lowest BCUT2D eigenvalue weighted by atomic mass is 9.44. The van der Waals surface area contributed by atoms with Crippen LogP contribution in [-0.2, 0) is 4.79 Å². The maximum atomic E-state index is 12.5. The lowest BCUT2D eigenvalue weighted by Crippen LogP contribution is -2.39. The first-order valence-electron chi connectivity index (χ1n) is 3.99. The van der Waals surface area contributed by atoms with Crippen LogP contribution in [0, 0.1) is 5.41 Å². The summed E-state index contributed by atoms with van der Waals surface area (Å²) in [4.78, 5) is 10.3. The van der Waals surface area contributed by atoms with Crippen LogP contribution in [0.1, 0.15) is 19.3 Å². The van der Waals surface area contributed by atoms with Crippen molar-refractivity contribution in [3.63, 3.8) is 0 Å². The average molecular weight is 202 g/mol. The maximum Gasteiger partial charge on any atom is 0.393 e. The average Bonchev–Trinajstić information content (AvgIpc) is 2.56. The van der Waals surface area contributed by atoms with Gasteiger partial charge in [0.25, 0.3) is 0 Å². The molecule has 74 valence electrons. The lowest BCUT2D eigenvalue weighted by Gasteiger charge is -2.36. The summed E-state index contributed by atoms with van der Waals surface area (Å²) in [6.45, 7) is 0. The van der Waals surface area contributed by atoms with Gasteiger partial charge in [-0.2, -0.15) is 13.2 Å². The zero-order valence-electron chi connectivity index (χ0n) is 7.27. The molecule has 2 nitrogen and oxygen atoms in total. The van der Waals surface area contributed by atoms with Crippen LogP contribution < -0.4 is 0 Å². The fraction of sp³-hybridized carbons (Fsp3) is 0.857. The van der Waals surface area contributed by atoms with Gasteiger partial charge < -0.3 is 5.11 Å². The van der Waals surface area contributed by atoms with Gasteiger partial charge in [-0.15, -0.1) is 0 Å². The molecule has 7 heteroatoms.